The molecule has 0 radical (unpaired) electrons. The van der Waals surface area contributed by atoms with Crippen LogP contribution >= 0.6 is 0 Å². The first kappa shape index (κ1) is 11.1. The van der Waals surface area contributed by atoms with E-state index in [1.54, 1.807) is 0 Å². The first-order chi connectivity index (χ1) is 7.68. The molecular formula is C13H19N3. The number of benzene rings is 1. The van der Waals surface area contributed by atoms with Crippen molar-refractivity contribution >= 4 is 11.0 Å². The minimum absolute atomic E-state index is 0.287. The number of hydrogen-bond donors (Lipinski definition) is 1. The zero-order chi connectivity index (χ0) is 11.5. The third-order valence-corrected chi connectivity index (χ3v) is 2.94. The number of aromatic nitrogens is 2. The second-order valence-corrected chi connectivity index (χ2v) is 4.45. The zero-order valence-electron chi connectivity index (χ0n) is 9.98. The van der Waals surface area contributed by atoms with Crippen LogP contribution in [0.2, 0.25) is 0 Å². The highest BCUT2D eigenvalue weighted by atomic mass is 15.1. The quantitative estimate of drug-likeness (QED) is 0.853. The lowest BCUT2D eigenvalue weighted by atomic mass is 10.1. The topological polar surface area (TPSA) is 43.8 Å². The highest BCUT2D eigenvalue weighted by Gasteiger charge is 2.06. The molecule has 1 atom stereocenters. The van der Waals surface area contributed by atoms with E-state index in [0.29, 0.717) is 0 Å². The Morgan fingerprint density at radius 2 is 2.12 bits per heavy atom. The molecule has 2 aromatic rings. The van der Waals surface area contributed by atoms with Crippen LogP contribution in [0.15, 0.2) is 24.3 Å². The van der Waals surface area contributed by atoms with Crippen LogP contribution in [0, 0.1) is 0 Å². The summed E-state index contributed by atoms with van der Waals surface area (Å²) in [4.78, 5) is 4.63. The Labute approximate surface area is 96.3 Å². The normalized spacial score (nSPS) is 13.2. The van der Waals surface area contributed by atoms with Crippen LogP contribution in [-0.2, 0) is 13.5 Å². The highest BCUT2D eigenvalue weighted by Crippen LogP contribution is 2.15. The fourth-order valence-corrected chi connectivity index (χ4v) is 2.00. The van der Waals surface area contributed by atoms with Crippen molar-refractivity contribution < 1.29 is 0 Å². The number of para-hydroxylation sites is 2. The Morgan fingerprint density at radius 3 is 2.81 bits per heavy atom. The van der Waals surface area contributed by atoms with E-state index in [9.17, 15) is 0 Å². The maximum Gasteiger partial charge on any atom is 0.109 e. The van der Waals surface area contributed by atoms with Crippen LogP contribution in [0.4, 0.5) is 0 Å². The summed E-state index contributed by atoms with van der Waals surface area (Å²) in [6.45, 7) is 2.05. The van der Waals surface area contributed by atoms with Gasteiger partial charge in [0.05, 0.1) is 11.0 Å². The summed E-state index contributed by atoms with van der Waals surface area (Å²) in [6.07, 6.45) is 3.17. The van der Waals surface area contributed by atoms with Crippen LogP contribution in [-0.4, -0.2) is 15.6 Å². The summed E-state index contributed by atoms with van der Waals surface area (Å²) in [5.74, 6) is 1.15. The molecule has 0 saturated carbocycles. The van der Waals surface area contributed by atoms with E-state index in [1.807, 2.05) is 6.07 Å². The molecule has 0 saturated heterocycles. The number of fused-ring (bicyclic) bond motifs is 1. The van der Waals surface area contributed by atoms with Gasteiger partial charge in [-0.25, -0.2) is 4.98 Å². The zero-order valence-corrected chi connectivity index (χ0v) is 9.98. The average molecular weight is 217 g/mol. The predicted molar refractivity (Wildman–Crippen MR) is 67.3 cm³/mol. The average Bonchev–Trinajstić information content (AvgIpc) is 2.56. The number of imidazole rings is 1. The molecule has 3 heteroatoms. The molecule has 0 amide bonds. The third-order valence-electron chi connectivity index (χ3n) is 2.94. The lowest BCUT2D eigenvalue weighted by molar-refractivity contribution is 0.607. The Bertz CT molecular complexity index is 471. The summed E-state index contributed by atoms with van der Waals surface area (Å²) in [6, 6.07) is 8.54. The minimum Gasteiger partial charge on any atom is -0.331 e. The van der Waals surface area contributed by atoms with Crippen molar-refractivity contribution in [2.45, 2.75) is 32.2 Å². The minimum atomic E-state index is 0.287. The summed E-state index contributed by atoms with van der Waals surface area (Å²) in [5, 5.41) is 0. The van der Waals surface area contributed by atoms with Gasteiger partial charge in [0, 0.05) is 19.5 Å². The van der Waals surface area contributed by atoms with E-state index in [4.69, 9.17) is 5.73 Å². The van der Waals surface area contributed by atoms with Crippen molar-refractivity contribution in [3.05, 3.63) is 30.1 Å². The standard InChI is InChI=1S/C13H19N3/c1-10(14)6-5-9-13-15-11-7-3-4-8-12(11)16(13)2/h3-4,7-8,10H,5-6,9,14H2,1-2H3. The molecule has 0 aliphatic carbocycles. The Morgan fingerprint density at radius 1 is 1.38 bits per heavy atom. The third kappa shape index (κ3) is 2.25. The van der Waals surface area contributed by atoms with Gasteiger partial charge in [-0.05, 0) is 31.9 Å². The Kier molecular flexibility index (Phi) is 3.25. The van der Waals surface area contributed by atoms with E-state index in [0.717, 1.165) is 30.6 Å². The predicted octanol–water partition coefficient (Wildman–Crippen LogP) is 2.24. The Balaban J connectivity index is 2.15. The van der Waals surface area contributed by atoms with Crippen molar-refractivity contribution in [1.82, 2.24) is 9.55 Å². The fraction of sp³-hybridized carbons (Fsp3) is 0.462. The van der Waals surface area contributed by atoms with Crippen LogP contribution < -0.4 is 5.73 Å². The van der Waals surface area contributed by atoms with Gasteiger partial charge in [0.25, 0.3) is 0 Å². The molecule has 0 spiro atoms. The molecule has 2 rings (SSSR count). The largest absolute Gasteiger partial charge is 0.331 e. The van der Waals surface area contributed by atoms with Gasteiger partial charge in [-0.3, -0.25) is 0 Å². The number of nitrogens with two attached hydrogens (primary N) is 1. The summed E-state index contributed by atoms with van der Waals surface area (Å²) < 4.78 is 2.18. The monoisotopic (exact) mass is 217 g/mol. The molecule has 0 aliphatic rings. The van der Waals surface area contributed by atoms with Gasteiger partial charge in [0.15, 0.2) is 0 Å². The van der Waals surface area contributed by atoms with Crippen molar-refractivity contribution in [2.24, 2.45) is 12.8 Å². The van der Waals surface area contributed by atoms with Gasteiger partial charge in [-0.2, -0.15) is 0 Å². The van der Waals surface area contributed by atoms with Gasteiger partial charge in [0.2, 0.25) is 0 Å². The number of rotatable bonds is 4. The van der Waals surface area contributed by atoms with E-state index in [-0.39, 0.29) is 6.04 Å². The van der Waals surface area contributed by atoms with Crippen molar-refractivity contribution in [3.8, 4) is 0 Å². The van der Waals surface area contributed by atoms with Crippen LogP contribution in [0.25, 0.3) is 11.0 Å². The number of aryl methyl sites for hydroxylation is 2. The maximum absolute atomic E-state index is 5.74. The summed E-state index contributed by atoms with van der Waals surface area (Å²) in [7, 11) is 2.08. The fourth-order valence-electron chi connectivity index (χ4n) is 2.00. The molecular weight excluding hydrogens is 198 g/mol. The first-order valence-electron chi connectivity index (χ1n) is 5.84. The lowest BCUT2D eigenvalue weighted by Crippen LogP contribution is -2.14. The molecule has 1 aromatic carbocycles. The second-order valence-electron chi connectivity index (χ2n) is 4.45. The van der Waals surface area contributed by atoms with E-state index in [2.05, 4.69) is 41.7 Å². The van der Waals surface area contributed by atoms with E-state index < -0.39 is 0 Å². The smallest absolute Gasteiger partial charge is 0.109 e. The molecule has 0 fully saturated rings. The van der Waals surface area contributed by atoms with Gasteiger partial charge in [-0.1, -0.05) is 12.1 Å². The van der Waals surface area contributed by atoms with Crippen LogP contribution in [0.3, 0.4) is 0 Å². The van der Waals surface area contributed by atoms with Crippen molar-refractivity contribution in [3.63, 3.8) is 0 Å². The number of hydrogen-bond acceptors (Lipinski definition) is 2. The molecule has 16 heavy (non-hydrogen) atoms. The SMILES string of the molecule is CC(N)CCCc1nc2ccccc2n1C. The van der Waals surface area contributed by atoms with Gasteiger partial charge in [0.1, 0.15) is 5.82 Å². The molecule has 0 aliphatic heterocycles. The molecule has 1 heterocycles. The second kappa shape index (κ2) is 4.66. The van der Waals surface area contributed by atoms with E-state index in [1.165, 1.54) is 5.52 Å². The summed E-state index contributed by atoms with van der Waals surface area (Å²) in [5.41, 5.74) is 8.03. The molecule has 1 aromatic heterocycles. The molecule has 2 N–H and O–H groups in total. The Hall–Kier alpha value is -1.35. The molecule has 1 unspecified atom stereocenters. The van der Waals surface area contributed by atoms with Crippen LogP contribution in [0.5, 0.6) is 0 Å². The highest BCUT2D eigenvalue weighted by molar-refractivity contribution is 5.75. The van der Waals surface area contributed by atoms with Crippen LogP contribution in [0.1, 0.15) is 25.6 Å². The molecule has 86 valence electrons. The summed E-state index contributed by atoms with van der Waals surface area (Å²) >= 11 is 0. The first-order valence-corrected chi connectivity index (χ1v) is 5.84. The molecule has 0 bridgehead atoms. The van der Waals surface area contributed by atoms with Gasteiger partial charge >= 0.3 is 0 Å². The van der Waals surface area contributed by atoms with Crippen molar-refractivity contribution in [1.29, 1.82) is 0 Å². The number of nitrogens with zero attached hydrogens (tertiary/aromatic N) is 2. The maximum atomic E-state index is 5.74. The van der Waals surface area contributed by atoms with E-state index >= 15 is 0 Å². The van der Waals surface area contributed by atoms with Gasteiger partial charge in [-0.15, -0.1) is 0 Å². The van der Waals surface area contributed by atoms with Crippen molar-refractivity contribution in [2.75, 3.05) is 0 Å². The molecule has 3 nitrogen and oxygen atoms in total. The van der Waals surface area contributed by atoms with Gasteiger partial charge < -0.3 is 10.3 Å². The lowest BCUT2D eigenvalue weighted by Gasteiger charge is -2.04.